The first-order valence-electron chi connectivity index (χ1n) is 9.48. The zero-order valence-corrected chi connectivity index (χ0v) is 15.9. The zero-order valence-electron chi connectivity index (χ0n) is 15.9. The summed E-state index contributed by atoms with van der Waals surface area (Å²) in [5.41, 5.74) is 3.16. The van der Waals surface area contributed by atoms with Crippen molar-refractivity contribution in [2.75, 3.05) is 13.6 Å². The molecule has 0 spiro atoms. The van der Waals surface area contributed by atoms with E-state index in [2.05, 4.69) is 20.7 Å². The number of aliphatic imine (C=N–C) groups is 1. The van der Waals surface area contributed by atoms with E-state index < -0.39 is 0 Å². The summed E-state index contributed by atoms with van der Waals surface area (Å²) in [6, 6.07) is 16.9. The second-order valence-corrected chi connectivity index (χ2v) is 7.20. The third kappa shape index (κ3) is 4.06. The predicted molar refractivity (Wildman–Crippen MR) is 109 cm³/mol. The number of rotatable bonds is 6. The van der Waals surface area contributed by atoms with E-state index >= 15 is 0 Å². The number of nitrogens with one attached hydrogen (secondary N) is 2. The molecule has 2 aromatic carbocycles. The van der Waals surface area contributed by atoms with E-state index in [1.807, 2.05) is 53.5 Å². The second kappa shape index (κ2) is 7.84. The SMILES string of the molecule is CN=C(NCc1cnn(-c2ccccc2)c1)NCC1(c2cccc(F)c2)CC1. The van der Waals surface area contributed by atoms with Crippen molar-refractivity contribution >= 4 is 5.96 Å². The predicted octanol–water partition coefficient (Wildman–Crippen LogP) is 3.41. The lowest BCUT2D eigenvalue weighted by Gasteiger charge is -2.19. The average molecular weight is 377 g/mol. The van der Waals surface area contributed by atoms with Gasteiger partial charge in [-0.25, -0.2) is 9.07 Å². The van der Waals surface area contributed by atoms with Crippen LogP contribution in [0.15, 0.2) is 72.0 Å². The average Bonchev–Trinajstić information content (AvgIpc) is 3.38. The van der Waals surface area contributed by atoms with Gasteiger partial charge in [0.05, 0.1) is 11.9 Å². The number of nitrogens with zero attached hydrogens (tertiary/aromatic N) is 3. The monoisotopic (exact) mass is 377 g/mol. The van der Waals surface area contributed by atoms with Gasteiger partial charge in [-0.15, -0.1) is 0 Å². The van der Waals surface area contributed by atoms with Crippen molar-refractivity contribution < 1.29 is 4.39 Å². The van der Waals surface area contributed by atoms with Crippen molar-refractivity contribution in [1.29, 1.82) is 0 Å². The fourth-order valence-corrected chi connectivity index (χ4v) is 3.37. The van der Waals surface area contributed by atoms with Crippen molar-refractivity contribution in [1.82, 2.24) is 20.4 Å². The van der Waals surface area contributed by atoms with E-state index in [-0.39, 0.29) is 11.2 Å². The third-order valence-electron chi connectivity index (χ3n) is 5.23. The van der Waals surface area contributed by atoms with Gasteiger partial charge in [-0.1, -0.05) is 30.3 Å². The van der Waals surface area contributed by atoms with Crippen LogP contribution in [-0.4, -0.2) is 29.3 Å². The molecule has 6 heteroatoms. The Morgan fingerprint density at radius 1 is 1.14 bits per heavy atom. The number of benzene rings is 2. The van der Waals surface area contributed by atoms with Crippen LogP contribution in [0.4, 0.5) is 4.39 Å². The van der Waals surface area contributed by atoms with Crippen molar-refractivity contribution in [3.8, 4) is 5.69 Å². The highest BCUT2D eigenvalue weighted by molar-refractivity contribution is 5.79. The van der Waals surface area contributed by atoms with Crippen LogP contribution in [0.25, 0.3) is 5.69 Å². The summed E-state index contributed by atoms with van der Waals surface area (Å²) in [4.78, 5) is 4.30. The molecule has 1 aliphatic carbocycles. The maximum Gasteiger partial charge on any atom is 0.191 e. The quantitative estimate of drug-likeness (QED) is 0.511. The largest absolute Gasteiger partial charge is 0.356 e. The molecule has 28 heavy (non-hydrogen) atoms. The zero-order chi connectivity index (χ0) is 19.4. The molecule has 2 N–H and O–H groups in total. The molecule has 4 rings (SSSR count). The molecule has 0 amide bonds. The Morgan fingerprint density at radius 3 is 2.68 bits per heavy atom. The number of hydrogen-bond acceptors (Lipinski definition) is 2. The molecule has 144 valence electrons. The molecule has 3 aromatic rings. The van der Waals surface area contributed by atoms with Gasteiger partial charge in [0.15, 0.2) is 5.96 Å². The van der Waals surface area contributed by atoms with Gasteiger partial charge in [-0.3, -0.25) is 4.99 Å². The molecule has 0 aliphatic heterocycles. The van der Waals surface area contributed by atoms with E-state index in [1.54, 1.807) is 19.2 Å². The van der Waals surface area contributed by atoms with Crippen molar-refractivity contribution in [2.24, 2.45) is 4.99 Å². The summed E-state index contributed by atoms with van der Waals surface area (Å²) in [6.07, 6.45) is 5.97. The topological polar surface area (TPSA) is 54.2 Å². The lowest BCUT2D eigenvalue weighted by atomic mass is 9.96. The molecular weight excluding hydrogens is 353 g/mol. The summed E-state index contributed by atoms with van der Waals surface area (Å²) < 4.78 is 15.4. The Kier molecular flexibility index (Phi) is 5.10. The van der Waals surface area contributed by atoms with E-state index in [1.165, 1.54) is 6.07 Å². The normalized spacial score (nSPS) is 15.3. The fraction of sp³-hybridized carbons (Fsp3) is 0.273. The maximum absolute atomic E-state index is 13.6. The highest BCUT2D eigenvalue weighted by atomic mass is 19.1. The van der Waals surface area contributed by atoms with Crippen LogP contribution in [0.1, 0.15) is 24.0 Å². The molecule has 1 saturated carbocycles. The van der Waals surface area contributed by atoms with Gasteiger partial charge in [0, 0.05) is 37.3 Å². The summed E-state index contributed by atoms with van der Waals surface area (Å²) >= 11 is 0. The Balaban J connectivity index is 1.33. The van der Waals surface area contributed by atoms with Crippen LogP contribution in [0.2, 0.25) is 0 Å². The number of hydrogen-bond donors (Lipinski definition) is 2. The Hall–Kier alpha value is -3.15. The molecule has 1 fully saturated rings. The van der Waals surface area contributed by atoms with Crippen molar-refractivity contribution in [2.45, 2.75) is 24.8 Å². The van der Waals surface area contributed by atoms with Gasteiger partial charge < -0.3 is 10.6 Å². The van der Waals surface area contributed by atoms with Crippen LogP contribution in [0, 0.1) is 5.82 Å². The summed E-state index contributed by atoms with van der Waals surface area (Å²) in [5, 5.41) is 11.1. The maximum atomic E-state index is 13.6. The van der Waals surface area contributed by atoms with Gasteiger partial charge >= 0.3 is 0 Å². The molecule has 5 nitrogen and oxygen atoms in total. The van der Waals surface area contributed by atoms with Gasteiger partial charge in [0.1, 0.15) is 5.82 Å². The summed E-state index contributed by atoms with van der Waals surface area (Å²) in [5.74, 6) is 0.553. The smallest absolute Gasteiger partial charge is 0.191 e. The lowest BCUT2D eigenvalue weighted by molar-refractivity contribution is 0.607. The van der Waals surface area contributed by atoms with Crippen LogP contribution < -0.4 is 10.6 Å². The van der Waals surface area contributed by atoms with Crippen molar-refractivity contribution in [3.63, 3.8) is 0 Å². The van der Waals surface area contributed by atoms with Crippen molar-refractivity contribution in [3.05, 3.63) is 83.9 Å². The Labute approximate surface area is 164 Å². The third-order valence-corrected chi connectivity index (χ3v) is 5.23. The minimum Gasteiger partial charge on any atom is -0.356 e. The molecule has 0 bridgehead atoms. The van der Waals surface area contributed by atoms with E-state index in [4.69, 9.17) is 0 Å². The van der Waals surface area contributed by atoms with E-state index in [0.29, 0.717) is 6.54 Å². The van der Waals surface area contributed by atoms with Crippen LogP contribution in [0.3, 0.4) is 0 Å². The van der Waals surface area contributed by atoms with Crippen LogP contribution >= 0.6 is 0 Å². The minimum atomic E-state index is -0.179. The van der Waals surface area contributed by atoms with E-state index in [9.17, 15) is 4.39 Å². The highest BCUT2D eigenvalue weighted by Crippen LogP contribution is 2.47. The molecular formula is C22H24FN5. The first kappa shape index (κ1) is 18.2. The fourth-order valence-electron chi connectivity index (χ4n) is 3.37. The summed E-state index contributed by atoms with van der Waals surface area (Å²) in [7, 11) is 1.75. The van der Waals surface area contributed by atoms with Crippen LogP contribution in [-0.2, 0) is 12.0 Å². The standard InChI is InChI=1S/C22H24FN5/c1-24-21(26-16-22(10-11-22)18-6-5-7-19(23)12-18)25-13-17-14-27-28(15-17)20-8-3-2-4-9-20/h2-9,12,14-15H,10-11,13,16H2,1H3,(H2,24,25,26). The first-order valence-corrected chi connectivity index (χ1v) is 9.48. The van der Waals surface area contributed by atoms with Gasteiger partial charge in [0.2, 0.25) is 0 Å². The van der Waals surface area contributed by atoms with E-state index in [0.717, 1.165) is 42.2 Å². The molecule has 0 saturated heterocycles. The molecule has 0 radical (unpaired) electrons. The molecule has 1 aromatic heterocycles. The van der Waals surface area contributed by atoms with Gasteiger partial charge in [-0.2, -0.15) is 5.10 Å². The van der Waals surface area contributed by atoms with Crippen LogP contribution in [0.5, 0.6) is 0 Å². The van der Waals surface area contributed by atoms with Gasteiger partial charge in [0.25, 0.3) is 0 Å². The number of halogens is 1. The number of aromatic nitrogens is 2. The highest BCUT2D eigenvalue weighted by Gasteiger charge is 2.44. The number of para-hydroxylation sites is 1. The Bertz CT molecular complexity index is 960. The van der Waals surface area contributed by atoms with Gasteiger partial charge in [-0.05, 0) is 42.7 Å². The number of guanidine groups is 1. The molecule has 1 heterocycles. The molecule has 1 aliphatic rings. The molecule has 0 unspecified atom stereocenters. The summed E-state index contributed by atoms with van der Waals surface area (Å²) in [6.45, 7) is 1.36. The lowest BCUT2D eigenvalue weighted by Crippen LogP contribution is -2.40. The Morgan fingerprint density at radius 2 is 1.96 bits per heavy atom. The first-order chi connectivity index (χ1) is 13.7. The minimum absolute atomic E-state index is 0.0118. The molecule has 0 atom stereocenters. The second-order valence-electron chi connectivity index (χ2n) is 7.20.